The Morgan fingerprint density at radius 3 is 2.33 bits per heavy atom. The van der Waals surface area contributed by atoms with Crippen molar-refractivity contribution in [2.24, 2.45) is 5.41 Å². The van der Waals surface area contributed by atoms with E-state index in [2.05, 4.69) is 0 Å². The van der Waals surface area contributed by atoms with Crippen LogP contribution in [0.5, 0.6) is 0 Å². The lowest BCUT2D eigenvalue weighted by molar-refractivity contribution is -0.158. The van der Waals surface area contributed by atoms with Crippen molar-refractivity contribution < 1.29 is 19.7 Å². The molecule has 0 saturated carbocycles. The Morgan fingerprint density at radius 1 is 1.50 bits per heavy atom. The predicted octanol–water partition coefficient (Wildman–Crippen LogP) is -0.0711. The van der Waals surface area contributed by atoms with E-state index in [4.69, 9.17) is 14.9 Å². The van der Waals surface area contributed by atoms with Crippen molar-refractivity contribution in [2.75, 3.05) is 13.2 Å². The lowest BCUT2D eigenvalue weighted by atomic mass is 9.99. The molecule has 1 atom stereocenters. The van der Waals surface area contributed by atoms with Crippen molar-refractivity contribution in [2.45, 2.75) is 26.9 Å². The number of esters is 1. The molecule has 0 amide bonds. The topological polar surface area (TPSA) is 66.8 Å². The molecule has 0 heterocycles. The monoisotopic (exact) mass is 176 g/mol. The van der Waals surface area contributed by atoms with E-state index in [9.17, 15) is 4.79 Å². The van der Waals surface area contributed by atoms with E-state index in [1.807, 2.05) is 20.8 Å². The molecule has 0 bridgehead atoms. The van der Waals surface area contributed by atoms with Crippen molar-refractivity contribution in [3.8, 4) is 0 Å². The van der Waals surface area contributed by atoms with Gasteiger partial charge in [0.25, 0.3) is 0 Å². The third-order valence-electron chi connectivity index (χ3n) is 1.09. The Labute approximate surface area is 72.2 Å². The van der Waals surface area contributed by atoms with Crippen LogP contribution in [0, 0.1) is 5.41 Å². The maximum Gasteiger partial charge on any atom is 0.337 e. The van der Waals surface area contributed by atoms with E-state index in [0.29, 0.717) is 0 Å². The second kappa shape index (κ2) is 4.42. The zero-order chi connectivity index (χ0) is 9.78. The predicted molar refractivity (Wildman–Crippen MR) is 43.5 cm³/mol. The van der Waals surface area contributed by atoms with Gasteiger partial charge in [0.15, 0.2) is 6.10 Å². The van der Waals surface area contributed by atoms with Crippen molar-refractivity contribution in [1.82, 2.24) is 0 Å². The summed E-state index contributed by atoms with van der Waals surface area (Å²) < 4.78 is 4.71. The molecular formula is C8H16O4. The first kappa shape index (κ1) is 11.4. The molecule has 0 fully saturated rings. The molecule has 0 aliphatic rings. The fourth-order valence-electron chi connectivity index (χ4n) is 0.458. The van der Waals surface area contributed by atoms with Gasteiger partial charge in [0.1, 0.15) is 0 Å². The molecular weight excluding hydrogens is 160 g/mol. The third kappa shape index (κ3) is 5.09. The van der Waals surface area contributed by atoms with Crippen LogP contribution >= 0.6 is 0 Å². The number of ether oxygens (including phenoxy) is 1. The molecule has 72 valence electrons. The molecule has 0 spiro atoms. The van der Waals surface area contributed by atoms with E-state index < -0.39 is 18.7 Å². The lowest BCUT2D eigenvalue weighted by Gasteiger charge is -2.18. The van der Waals surface area contributed by atoms with Crippen LogP contribution in [0.15, 0.2) is 0 Å². The van der Waals surface area contributed by atoms with E-state index in [1.165, 1.54) is 0 Å². The zero-order valence-corrected chi connectivity index (χ0v) is 7.70. The molecule has 1 unspecified atom stereocenters. The fraction of sp³-hybridized carbons (Fsp3) is 0.875. The highest BCUT2D eigenvalue weighted by molar-refractivity contribution is 5.74. The number of aliphatic hydroxyl groups excluding tert-OH is 2. The minimum Gasteiger partial charge on any atom is -0.463 e. The zero-order valence-electron chi connectivity index (χ0n) is 7.70. The number of carbonyl (C=O) groups is 1. The highest BCUT2D eigenvalue weighted by atomic mass is 16.5. The second-order valence-electron chi connectivity index (χ2n) is 3.87. The summed E-state index contributed by atoms with van der Waals surface area (Å²) in [5.41, 5.74) is -0.120. The van der Waals surface area contributed by atoms with Gasteiger partial charge < -0.3 is 14.9 Å². The quantitative estimate of drug-likeness (QED) is 0.591. The van der Waals surface area contributed by atoms with E-state index in [0.717, 1.165) is 0 Å². The molecule has 0 radical (unpaired) electrons. The van der Waals surface area contributed by atoms with E-state index in [1.54, 1.807) is 0 Å². The Balaban J connectivity index is 3.72. The van der Waals surface area contributed by atoms with Crippen molar-refractivity contribution in [1.29, 1.82) is 0 Å². The maximum absolute atomic E-state index is 10.8. The molecule has 12 heavy (non-hydrogen) atoms. The first-order valence-corrected chi connectivity index (χ1v) is 3.82. The molecule has 0 rings (SSSR count). The summed E-state index contributed by atoms with van der Waals surface area (Å²) in [6, 6.07) is 0. The highest BCUT2D eigenvalue weighted by Crippen LogP contribution is 2.13. The summed E-state index contributed by atoms with van der Waals surface area (Å²) in [5.74, 6) is -0.771. The molecule has 0 aliphatic heterocycles. The largest absolute Gasteiger partial charge is 0.463 e. The SMILES string of the molecule is CC(C)(C)COC(=O)C(O)CO. The standard InChI is InChI=1S/C8H16O4/c1-8(2,3)5-12-7(11)6(10)4-9/h6,9-10H,4-5H2,1-3H3. The average Bonchev–Trinajstić information content (AvgIpc) is 1.97. The Hall–Kier alpha value is -0.610. The maximum atomic E-state index is 10.8. The minimum absolute atomic E-state index is 0.120. The Morgan fingerprint density at radius 2 is 2.00 bits per heavy atom. The van der Waals surface area contributed by atoms with Crippen LogP contribution < -0.4 is 0 Å². The minimum atomic E-state index is -1.41. The van der Waals surface area contributed by atoms with Crippen molar-refractivity contribution in [3.63, 3.8) is 0 Å². The third-order valence-corrected chi connectivity index (χ3v) is 1.09. The van der Waals surface area contributed by atoms with Gasteiger partial charge in [-0.15, -0.1) is 0 Å². The number of hydrogen-bond acceptors (Lipinski definition) is 4. The smallest absolute Gasteiger partial charge is 0.337 e. The van der Waals surface area contributed by atoms with E-state index >= 15 is 0 Å². The first-order chi connectivity index (χ1) is 5.37. The first-order valence-electron chi connectivity index (χ1n) is 3.82. The summed E-state index contributed by atoms with van der Waals surface area (Å²) >= 11 is 0. The van der Waals surface area contributed by atoms with E-state index in [-0.39, 0.29) is 12.0 Å². The van der Waals surface area contributed by atoms with Gasteiger partial charge in [-0.25, -0.2) is 4.79 Å². The van der Waals surface area contributed by atoms with Gasteiger partial charge in [0.05, 0.1) is 13.2 Å². The van der Waals surface area contributed by atoms with Crippen LogP contribution in [0.2, 0.25) is 0 Å². The van der Waals surface area contributed by atoms with Gasteiger partial charge in [-0.05, 0) is 5.41 Å². The molecule has 0 saturated heterocycles. The molecule has 0 aromatic rings. The second-order valence-corrected chi connectivity index (χ2v) is 3.87. The number of rotatable bonds is 3. The van der Waals surface area contributed by atoms with Crippen molar-refractivity contribution in [3.05, 3.63) is 0 Å². The van der Waals surface area contributed by atoms with Gasteiger partial charge in [0, 0.05) is 0 Å². The number of aliphatic hydroxyl groups is 2. The molecule has 4 heteroatoms. The summed E-state index contributed by atoms with van der Waals surface area (Å²) in [5, 5.41) is 17.2. The molecule has 4 nitrogen and oxygen atoms in total. The fourth-order valence-corrected chi connectivity index (χ4v) is 0.458. The van der Waals surface area contributed by atoms with Crippen LogP contribution in [0.4, 0.5) is 0 Å². The summed E-state index contributed by atoms with van der Waals surface area (Å²) in [4.78, 5) is 10.8. The summed E-state index contributed by atoms with van der Waals surface area (Å²) in [6.07, 6.45) is -1.41. The van der Waals surface area contributed by atoms with Crippen LogP contribution in [0.25, 0.3) is 0 Å². The van der Waals surface area contributed by atoms with Gasteiger partial charge in [-0.3, -0.25) is 0 Å². The molecule has 0 aliphatic carbocycles. The molecule has 0 aromatic carbocycles. The van der Waals surface area contributed by atoms with Crippen LogP contribution in [0.1, 0.15) is 20.8 Å². The normalized spacial score (nSPS) is 14.1. The Kier molecular flexibility index (Phi) is 4.20. The number of carbonyl (C=O) groups excluding carboxylic acids is 1. The number of hydrogen-bond donors (Lipinski definition) is 2. The Bertz CT molecular complexity index is 148. The average molecular weight is 176 g/mol. The lowest BCUT2D eigenvalue weighted by Crippen LogP contribution is -2.29. The van der Waals surface area contributed by atoms with Crippen LogP contribution in [-0.4, -0.2) is 35.5 Å². The summed E-state index contributed by atoms with van der Waals surface area (Å²) in [6.45, 7) is 5.37. The molecule has 0 aromatic heterocycles. The highest BCUT2D eigenvalue weighted by Gasteiger charge is 2.18. The van der Waals surface area contributed by atoms with Gasteiger partial charge in [0.2, 0.25) is 0 Å². The van der Waals surface area contributed by atoms with Crippen LogP contribution in [-0.2, 0) is 9.53 Å². The van der Waals surface area contributed by atoms with Gasteiger partial charge in [-0.2, -0.15) is 0 Å². The van der Waals surface area contributed by atoms with Crippen molar-refractivity contribution >= 4 is 5.97 Å². The van der Waals surface area contributed by atoms with Crippen LogP contribution in [0.3, 0.4) is 0 Å². The van der Waals surface area contributed by atoms with Gasteiger partial charge in [-0.1, -0.05) is 20.8 Å². The van der Waals surface area contributed by atoms with Gasteiger partial charge >= 0.3 is 5.97 Å². The molecule has 2 N–H and O–H groups in total. The summed E-state index contributed by atoms with van der Waals surface area (Å²) in [7, 11) is 0.